The van der Waals surface area contributed by atoms with Gasteiger partial charge in [0.05, 0.1) is 30.7 Å². The average molecular weight is 480 g/mol. The fourth-order valence-corrected chi connectivity index (χ4v) is 4.94. The van der Waals surface area contributed by atoms with Gasteiger partial charge in [-0.3, -0.25) is 19.1 Å². The highest BCUT2D eigenvalue weighted by Crippen LogP contribution is 2.39. The van der Waals surface area contributed by atoms with Crippen molar-refractivity contribution >= 4 is 33.4 Å². The normalized spacial score (nSPS) is 15.9. The van der Waals surface area contributed by atoms with E-state index in [1.807, 2.05) is 0 Å². The Balaban J connectivity index is 2.00. The Morgan fingerprint density at radius 2 is 2.00 bits per heavy atom. The Hall–Kier alpha value is -3.28. The Morgan fingerprint density at radius 1 is 1.30 bits per heavy atom. The molecule has 0 fully saturated rings. The van der Waals surface area contributed by atoms with Crippen LogP contribution in [0.1, 0.15) is 33.4 Å². The number of fused-ring (bicyclic) bond motifs is 1. The van der Waals surface area contributed by atoms with Crippen molar-refractivity contribution in [1.29, 1.82) is 0 Å². The fourth-order valence-electron chi connectivity index (χ4n) is 3.25. The maximum absolute atomic E-state index is 13.6. The first kappa shape index (κ1) is 24.4. The number of ether oxygens (including phenoxy) is 2. The number of aromatic nitrogens is 2. The molecule has 1 aliphatic heterocycles. The van der Waals surface area contributed by atoms with Crippen molar-refractivity contribution in [2.24, 2.45) is 7.05 Å². The number of nitrogens with zero attached hydrogens (tertiary/aromatic N) is 3. The minimum atomic E-state index is -4.02. The molecule has 12 heteroatoms. The van der Waals surface area contributed by atoms with E-state index < -0.39 is 27.8 Å². The van der Waals surface area contributed by atoms with Crippen molar-refractivity contribution in [2.45, 2.75) is 51.2 Å². The van der Waals surface area contributed by atoms with E-state index in [0.717, 1.165) is 0 Å². The molecule has 1 aromatic heterocycles. The van der Waals surface area contributed by atoms with E-state index in [0.29, 0.717) is 17.1 Å². The molecule has 2 amide bonds. The number of carbonyl (C=O) groups excluding carboxylic acids is 2. The van der Waals surface area contributed by atoms with E-state index >= 15 is 0 Å². The average Bonchev–Trinajstić information content (AvgIpc) is 3.03. The zero-order valence-corrected chi connectivity index (χ0v) is 20.3. The zero-order chi connectivity index (χ0) is 24.6. The van der Waals surface area contributed by atoms with Gasteiger partial charge in [-0.1, -0.05) is 0 Å². The third-order valence-corrected chi connectivity index (χ3v) is 6.76. The summed E-state index contributed by atoms with van der Waals surface area (Å²) in [5.41, 5.74) is 0.385. The second kappa shape index (κ2) is 8.93. The smallest absolute Gasteiger partial charge is 0.412 e. The van der Waals surface area contributed by atoms with Crippen molar-refractivity contribution in [2.75, 3.05) is 22.7 Å². The Morgan fingerprint density at radius 3 is 2.58 bits per heavy atom. The van der Waals surface area contributed by atoms with E-state index in [1.54, 1.807) is 46.9 Å². The van der Waals surface area contributed by atoms with Crippen LogP contribution in [0.3, 0.4) is 0 Å². The van der Waals surface area contributed by atoms with Crippen LogP contribution >= 0.6 is 0 Å². The number of carbonyl (C=O) groups is 2. The van der Waals surface area contributed by atoms with Gasteiger partial charge in [0.2, 0.25) is 5.91 Å². The molecule has 0 spiro atoms. The van der Waals surface area contributed by atoms with Crippen molar-refractivity contribution in [1.82, 2.24) is 15.1 Å². The maximum Gasteiger partial charge on any atom is 0.412 e. The molecule has 0 radical (unpaired) electrons. The summed E-state index contributed by atoms with van der Waals surface area (Å²) in [6, 6.07) is 4.67. The van der Waals surface area contributed by atoms with Crippen LogP contribution in [0.25, 0.3) is 0 Å². The van der Waals surface area contributed by atoms with Crippen molar-refractivity contribution in [3.63, 3.8) is 0 Å². The molecule has 1 unspecified atom stereocenters. The minimum absolute atomic E-state index is 0.0418. The van der Waals surface area contributed by atoms with E-state index in [-0.39, 0.29) is 29.6 Å². The van der Waals surface area contributed by atoms with Crippen LogP contribution in [0.15, 0.2) is 29.3 Å². The Kier molecular flexibility index (Phi) is 6.59. The lowest BCUT2D eigenvalue weighted by Gasteiger charge is -2.35. The van der Waals surface area contributed by atoms with Gasteiger partial charge < -0.3 is 14.8 Å². The minimum Gasteiger partial charge on any atom is -0.484 e. The number of sulfonamides is 1. The van der Waals surface area contributed by atoms with Gasteiger partial charge in [0.1, 0.15) is 22.4 Å². The number of rotatable bonds is 5. The van der Waals surface area contributed by atoms with Crippen LogP contribution in [-0.4, -0.2) is 55.0 Å². The van der Waals surface area contributed by atoms with Gasteiger partial charge in [0, 0.05) is 19.7 Å². The number of benzene rings is 1. The highest BCUT2D eigenvalue weighted by atomic mass is 32.2. The zero-order valence-electron chi connectivity index (χ0n) is 19.5. The standard InChI is InChI=1S/C21H29N5O6S/c1-13-19(11-23-25(13)6)33(29,30)26-12-16(10-22-14(2)27)31-18-8-7-15(9-17(18)26)24-20(28)32-21(3,4)5/h7-9,11,16H,10,12H2,1-6H3,(H,22,27)(H,24,28). The van der Waals surface area contributed by atoms with E-state index in [9.17, 15) is 18.0 Å². The van der Waals surface area contributed by atoms with E-state index in [1.165, 1.54) is 28.2 Å². The first-order valence-corrected chi connectivity index (χ1v) is 11.8. The topological polar surface area (TPSA) is 132 Å². The molecule has 0 bridgehead atoms. The first-order chi connectivity index (χ1) is 15.3. The largest absolute Gasteiger partial charge is 0.484 e. The van der Waals surface area contributed by atoms with Crippen LogP contribution in [0.4, 0.5) is 16.2 Å². The maximum atomic E-state index is 13.6. The summed E-state index contributed by atoms with van der Waals surface area (Å²) in [6.07, 6.45) is 0.0175. The molecule has 2 heterocycles. The van der Waals surface area contributed by atoms with Crippen LogP contribution < -0.4 is 19.7 Å². The van der Waals surface area contributed by atoms with Gasteiger partial charge in [-0.2, -0.15) is 5.10 Å². The summed E-state index contributed by atoms with van der Waals surface area (Å²) in [5.74, 6) is 0.0512. The lowest BCUT2D eigenvalue weighted by molar-refractivity contribution is -0.119. The molecular weight excluding hydrogens is 450 g/mol. The number of hydrogen-bond acceptors (Lipinski definition) is 7. The molecule has 11 nitrogen and oxygen atoms in total. The second-order valence-electron chi connectivity index (χ2n) is 8.74. The van der Waals surface area contributed by atoms with Gasteiger partial charge in [0.25, 0.3) is 10.0 Å². The molecular formula is C21H29N5O6S. The van der Waals surface area contributed by atoms with Crippen LogP contribution in [0.5, 0.6) is 5.75 Å². The van der Waals surface area contributed by atoms with E-state index in [2.05, 4.69) is 15.7 Å². The summed E-state index contributed by atoms with van der Waals surface area (Å²) in [5, 5.41) is 9.32. The van der Waals surface area contributed by atoms with Crippen LogP contribution in [-0.2, 0) is 26.6 Å². The molecule has 1 aliphatic rings. The molecule has 2 aromatic rings. The molecule has 0 saturated heterocycles. The molecule has 0 saturated carbocycles. The van der Waals surface area contributed by atoms with Crippen molar-refractivity contribution in [3.8, 4) is 5.75 Å². The summed E-state index contributed by atoms with van der Waals surface area (Å²) < 4.78 is 41.1. The van der Waals surface area contributed by atoms with Crippen molar-refractivity contribution in [3.05, 3.63) is 30.1 Å². The molecule has 180 valence electrons. The van der Waals surface area contributed by atoms with Gasteiger partial charge in [-0.25, -0.2) is 13.2 Å². The number of aryl methyl sites for hydroxylation is 1. The highest BCUT2D eigenvalue weighted by molar-refractivity contribution is 7.92. The molecule has 3 rings (SSSR count). The SMILES string of the molecule is CC(=O)NCC1CN(S(=O)(=O)c2cnn(C)c2C)c2cc(NC(=O)OC(C)(C)C)ccc2O1. The predicted molar refractivity (Wildman–Crippen MR) is 122 cm³/mol. The third-order valence-electron chi connectivity index (χ3n) is 4.87. The van der Waals surface area contributed by atoms with Crippen LogP contribution in [0, 0.1) is 6.92 Å². The quantitative estimate of drug-likeness (QED) is 0.672. The third kappa shape index (κ3) is 5.56. The molecule has 33 heavy (non-hydrogen) atoms. The summed E-state index contributed by atoms with van der Waals surface area (Å²) in [6.45, 7) is 8.35. The predicted octanol–water partition coefficient (Wildman–Crippen LogP) is 2.17. The monoisotopic (exact) mass is 479 g/mol. The summed E-state index contributed by atoms with van der Waals surface area (Å²) in [7, 11) is -2.36. The number of anilines is 2. The summed E-state index contributed by atoms with van der Waals surface area (Å²) in [4.78, 5) is 23.6. The fraction of sp³-hybridized carbons (Fsp3) is 0.476. The van der Waals surface area contributed by atoms with Crippen LogP contribution in [0.2, 0.25) is 0 Å². The molecule has 1 atom stereocenters. The Labute approximate surface area is 193 Å². The molecule has 2 N–H and O–H groups in total. The first-order valence-electron chi connectivity index (χ1n) is 10.3. The number of hydrogen-bond donors (Lipinski definition) is 2. The molecule has 0 aliphatic carbocycles. The Bertz CT molecular complexity index is 1170. The highest BCUT2D eigenvalue weighted by Gasteiger charge is 2.36. The number of amides is 2. The van der Waals surface area contributed by atoms with E-state index in [4.69, 9.17) is 9.47 Å². The van der Waals surface area contributed by atoms with Gasteiger partial charge >= 0.3 is 6.09 Å². The van der Waals surface area contributed by atoms with Gasteiger partial charge in [-0.15, -0.1) is 0 Å². The van der Waals surface area contributed by atoms with Crippen molar-refractivity contribution < 1.29 is 27.5 Å². The lowest BCUT2D eigenvalue weighted by atomic mass is 10.2. The lowest BCUT2D eigenvalue weighted by Crippen LogP contribution is -2.48. The van der Waals surface area contributed by atoms with Gasteiger partial charge in [-0.05, 0) is 45.9 Å². The summed E-state index contributed by atoms with van der Waals surface area (Å²) >= 11 is 0. The van der Waals surface area contributed by atoms with Gasteiger partial charge in [0.15, 0.2) is 0 Å². The number of nitrogens with one attached hydrogen (secondary N) is 2. The molecule has 1 aromatic carbocycles. The second-order valence-corrected chi connectivity index (χ2v) is 10.6.